The Bertz CT molecular complexity index is 929. The molecule has 1 aliphatic heterocycles. The number of nitrogens with zero attached hydrogens (tertiary/aromatic N) is 4. The van der Waals surface area contributed by atoms with Crippen LogP contribution in [0.4, 0.5) is 0 Å². The zero-order chi connectivity index (χ0) is 19.3. The minimum absolute atomic E-state index is 0.182. The largest absolute Gasteiger partial charge is 0.469 e. The van der Waals surface area contributed by atoms with Gasteiger partial charge in [0.1, 0.15) is 5.76 Å². The van der Waals surface area contributed by atoms with Crippen LogP contribution in [0.5, 0.6) is 0 Å². The molecule has 4 rings (SSSR count). The summed E-state index contributed by atoms with van der Waals surface area (Å²) in [6, 6.07) is 12.3. The number of benzene rings is 1. The van der Waals surface area contributed by atoms with E-state index in [1.807, 2.05) is 36.1 Å². The van der Waals surface area contributed by atoms with E-state index in [1.54, 1.807) is 6.26 Å². The second-order valence-corrected chi connectivity index (χ2v) is 7.90. The van der Waals surface area contributed by atoms with Crippen molar-refractivity contribution in [1.29, 1.82) is 0 Å². The molecule has 28 heavy (non-hydrogen) atoms. The first-order valence-electron chi connectivity index (χ1n) is 9.64. The number of carbonyl (C=O) groups is 1. The first-order valence-corrected chi connectivity index (χ1v) is 10.6. The van der Waals surface area contributed by atoms with Crippen molar-refractivity contribution in [2.45, 2.75) is 37.9 Å². The second-order valence-electron chi connectivity index (χ2n) is 6.96. The molecule has 0 radical (unpaired) electrons. The van der Waals surface area contributed by atoms with Gasteiger partial charge in [-0.3, -0.25) is 4.79 Å². The molecule has 0 aliphatic carbocycles. The Labute approximate surface area is 168 Å². The predicted molar refractivity (Wildman–Crippen MR) is 109 cm³/mol. The number of carbonyl (C=O) groups excluding carboxylic acids is 1. The Balaban J connectivity index is 1.54. The fraction of sp³-hybridized carbons (Fsp3) is 0.381. The topological polar surface area (TPSA) is 64.2 Å². The molecule has 2 aromatic heterocycles. The molecule has 0 saturated carbocycles. The summed E-state index contributed by atoms with van der Waals surface area (Å²) in [6.07, 6.45) is 4.75. The minimum Gasteiger partial charge on any atom is -0.469 e. The summed E-state index contributed by atoms with van der Waals surface area (Å²) in [6.45, 7) is 4.42. The lowest BCUT2D eigenvalue weighted by molar-refractivity contribution is -0.127. The van der Waals surface area contributed by atoms with E-state index < -0.39 is 0 Å². The van der Waals surface area contributed by atoms with Gasteiger partial charge in [-0.2, -0.15) is 0 Å². The molecule has 1 fully saturated rings. The van der Waals surface area contributed by atoms with Crippen LogP contribution in [0.25, 0.3) is 11.4 Å². The minimum atomic E-state index is 0.182. The molecule has 1 aliphatic rings. The number of thioether (sulfide) groups is 1. The van der Waals surface area contributed by atoms with Gasteiger partial charge in [-0.1, -0.05) is 42.1 Å². The molecule has 0 unspecified atom stereocenters. The van der Waals surface area contributed by atoms with E-state index in [2.05, 4.69) is 26.9 Å². The van der Waals surface area contributed by atoms with E-state index in [1.165, 1.54) is 17.3 Å². The van der Waals surface area contributed by atoms with E-state index in [0.717, 1.165) is 61.2 Å². The Morgan fingerprint density at radius 3 is 2.64 bits per heavy atom. The highest BCUT2D eigenvalue weighted by Crippen LogP contribution is 2.27. The van der Waals surface area contributed by atoms with E-state index in [-0.39, 0.29) is 5.91 Å². The lowest BCUT2D eigenvalue weighted by atomic mass is 10.1. The molecule has 7 heteroatoms. The fourth-order valence-corrected chi connectivity index (χ4v) is 4.35. The molecule has 1 saturated heterocycles. The maximum Gasteiger partial charge on any atom is 0.233 e. The molecule has 3 aromatic rings. The van der Waals surface area contributed by atoms with Crippen LogP contribution in [0.15, 0.2) is 52.2 Å². The first kappa shape index (κ1) is 18.8. The number of amides is 1. The zero-order valence-electron chi connectivity index (χ0n) is 16.0. The van der Waals surface area contributed by atoms with Crippen LogP contribution < -0.4 is 0 Å². The molecule has 0 spiro atoms. The molecule has 0 atom stereocenters. The third-order valence-electron chi connectivity index (χ3n) is 5.07. The SMILES string of the molecule is Cc1occc1-c1nnc(SCC(=O)N2CCCC2)n1CCc1ccccc1. The van der Waals surface area contributed by atoms with Crippen LogP contribution in [-0.4, -0.2) is 44.4 Å². The fourth-order valence-electron chi connectivity index (χ4n) is 3.48. The number of furan rings is 1. The molecule has 146 valence electrons. The molecular weight excluding hydrogens is 372 g/mol. The molecule has 1 amide bonds. The van der Waals surface area contributed by atoms with Crippen molar-refractivity contribution in [3.05, 3.63) is 54.0 Å². The van der Waals surface area contributed by atoms with Crippen molar-refractivity contribution in [2.75, 3.05) is 18.8 Å². The van der Waals surface area contributed by atoms with Gasteiger partial charge in [-0.15, -0.1) is 10.2 Å². The number of hydrogen-bond donors (Lipinski definition) is 0. The Hall–Kier alpha value is -2.54. The zero-order valence-corrected chi connectivity index (χ0v) is 16.8. The van der Waals surface area contributed by atoms with Gasteiger partial charge >= 0.3 is 0 Å². The van der Waals surface area contributed by atoms with Crippen molar-refractivity contribution in [1.82, 2.24) is 19.7 Å². The quantitative estimate of drug-likeness (QED) is 0.568. The van der Waals surface area contributed by atoms with Gasteiger partial charge in [0.15, 0.2) is 11.0 Å². The molecular formula is C21H24N4O2S. The molecule has 3 heterocycles. The van der Waals surface area contributed by atoms with Gasteiger partial charge in [0.2, 0.25) is 5.91 Å². The highest BCUT2D eigenvalue weighted by Gasteiger charge is 2.21. The van der Waals surface area contributed by atoms with Crippen LogP contribution in [0.2, 0.25) is 0 Å². The monoisotopic (exact) mass is 396 g/mol. The van der Waals surface area contributed by atoms with Gasteiger partial charge in [0.25, 0.3) is 0 Å². The number of aryl methyl sites for hydroxylation is 2. The lowest BCUT2D eigenvalue weighted by Gasteiger charge is -2.15. The predicted octanol–water partition coefficient (Wildman–Crippen LogP) is 3.80. The number of likely N-dealkylation sites (tertiary alicyclic amines) is 1. The summed E-state index contributed by atoms with van der Waals surface area (Å²) in [5.41, 5.74) is 2.20. The standard InChI is InChI=1S/C21H24N4O2S/c1-16-18(10-14-27-16)20-22-23-21(28-15-19(26)24-11-5-6-12-24)25(20)13-9-17-7-3-2-4-8-17/h2-4,7-8,10,14H,5-6,9,11-13,15H2,1H3. The van der Waals surface area contributed by atoms with Gasteiger partial charge in [-0.25, -0.2) is 0 Å². The lowest BCUT2D eigenvalue weighted by Crippen LogP contribution is -2.29. The van der Waals surface area contributed by atoms with Crippen LogP contribution in [0.3, 0.4) is 0 Å². The van der Waals surface area contributed by atoms with Crippen molar-refractivity contribution < 1.29 is 9.21 Å². The highest BCUT2D eigenvalue weighted by atomic mass is 32.2. The van der Waals surface area contributed by atoms with Crippen molar-refractivity contribution in [3.8, 4) is 11.4 Å². The molecule has 6 nitrogen and oxygen atoms in total. The summed E-state index contributed by atoms with van der Waals surface area (Å²) in [4.78, 5) is 14.4. The second kappa shape index (κ2) is 8.65. The smallest absolute Gasteiger partial charge is 0.233 e. The van der Waals surface area contributed by atoms with Crippen LogP contribution in [0, 0.1) is 6.92 Å². The van der Waals surface area contributed by atoms with Crippen LogP contribution in [0.1, 0.15) is 24.2 Å². The summed E-state index contributed by atoms with van der Waals surface area (Å²) >= 11 is 1.47. The van der Waals surface area contributed by atoms with E-state index in [0.29, 0.717) is 5.75 Å². The third-order valence-corrected chi connectivity index (χ3v) is 6.02. The third kappa shape index (κ3) is 4.14. The van der Waals surface area contributed by atoms with Crippen LogP contribution in [-0.2, 0) is 17.8 Å². The molecule has 1 aromatic carbocycles. The summed E-state index contributed by atoms with van der Waals surface area (Å²) in [7, 11) is 0. The van der Waals surface area contributed by atoms with Crippen LogP contribution >= 0.6 is 11.8 Å². The Morgan fingerprint density at radius 2 is 1.93 bits per heavy atom. The molecule has 0 bridgehead atoms. The summed E-state index contributed by atoms with van der Waals surface area (Å²) in [5, 5.41) is 9.58. The van der Waals surface area contributed by atoms with E-state index >= 15 is 0 Å². The Morgan fingerprint density at radius 1 is 1.14 bits per heavy atom. The highest BCUT2D eigenvalue weighted by molar-refractivity contribution is 7.99. The van der Waals surface area contributed by atoms with Crippen molar-refractivity contribution in [2.24, 2.45) is 0 Å². The number of hydrogen-bond acceptors (Lipinski definition) is 5. The van der Waals surface area contributed by atoms with Gasteiger partial charge < -0.3 is 13.9 Å². The maximum absolute atomic E-state index is 12.4. The van der Waals surface area contributed by atoms with Crippen molar-refractivity contribution >= 4 is 17.7 Å². The molecule has 0 N–H and O–H groups in total. The summed E-state index contributed by atoms with van der Waals surface area (Å²) < 4.78 is 7.57. The van der Waals surface area contributed by atoms with Crippen molar-refractivity contribution in [3.63, 3.8) is 0 Å². The summed E-state index contributed by atoms with van der Waals surface area (Å²) in [5.74, 6) is 2.19. The Kier molecular flexibility index (Phi) is 5.81. The van der Waals surface area contributed by atoms with Gasteiger partial charge in [0, 0.05) is 19.6 Å². The average molecular weight is 397 g/mol. The van der Waals surface area contributed by atoms with Gasteiger partial charge in [-0.05, 0) is 37.8 Å². The normalized spacial score (nSPS) is 14.0. The maximum atomic E-state index is 12.4. The van der Waals surface area contributed by atoms with E-state index in [4.69, 9.17) is 4.42 Å². The average Bonchev–Trinajstić information content (AvgIpc) is 3.46. The number of rotatable bonds is 7. The van der Waals surface area contributed by atoms with E-state index in [9.17, 15) is 4.79 Å². The van der Waals surface area contributed by atoms with Gasteiger partial charge in [0.05, 0.1) is 17.6 Å². The number of aromatic nitrogens is 3. The first-order chi connectivity index (χ1) is 13.7.